The van der Waals surface area contributed by atoms with E-state index in [0.29, 0.717) is 31.4 Å². The van der Waals surface area contributed by atoms with Crippen molar-refractivity contribution in [2.24, 2.45) is 22.2 Å². The van der Waals surface area contributed by atoms with Crippen molar-refractivity contribution < 1.29 is 43.1 Å². The fraction of sp³-hybridized carbons (Fsp3) is 0.564. The number of nitrogens with one attached hydrogen (secondary N) is 6. The first kappa shape index (κ1) is 49.8. The molecular weight excluding hydrogens is 831 g/mol. The van der Waals surface area contributed by atoms with Gasteiger partial charge in [0.05, 0.1) is 13.0 Å². The van der Waals surface area contributed by atoms with Gasteiger partial charge >= 0.3 is 5.97 Å². The van der Waals surface area contributed by atoms with Crippen molar-refractivity contribution in [3.05, 3.63) is 36.0 Å². The standard InChI is InChI=1S/C39H59N11O9S2/c1-39(2,3)59-32(53)18-26(47-31(52)20-45-34(55)25(46-30(51)13-16-60)11-6-7-14-43-38(41)42)35(56)48-27(17-22-19-44-24-10-5-4-9-23(22)24)37(58)50-15-8-12-29(50)36(57)49-28(21-61)33(40)54/h4-5,9-10,19,25-29,44,60-61H,6-8,11-18,20-21H2,1-3H3,(H2,40,54)(H,45,55)(H,46,51)(H,47,52)(H,48,56)(H,49,57)(H4,41,42,43)/t25-,26-,27-,28-,29-/m0/s1. The number of benzene rings is 1. The van der Waals surface area contributed by atoms with Crippen LogP contribution >= 0.6 is 25.3 Å². The Morgan fingerprint density at radius 1 is 0.902 bits per heavy atom. The molecule has 0 bridgehead atoms. The molecule has 1 saturated heterocycles. The monoisotopic (exact) mass is 889 g/mol. The van der Waals surface area contributed by atoms with Gasteiger partial charge in [-0.25, -0.2) is 0 Å². The number of rotatable bonds is 23. The molecule has 2 aromatic rings. The number of para-hydroxylation sites is 1. The number of hydrogen-bond acceptors (Lipinski definition) is 12. The van der Waals surface area contributed by atoms with Gasteiger partial charge in [0.25, 0.3) is 0 Å². The second kappa shape index (κ2) is 24.1. The van der Waals surface area contributed by atoms with Crippen LogP contribution in [0.5, 0.6) is 0 Å². The number of guanidine groups is 1. The Hall–Kier alpha value is -5.51. The number of nitrogens with two attached hydrogens (primary N) is 3. The summed E-state index contributed by atoms with van der Waals surface area (Å²) in [6, 6.07) is 1.30. The maximum atomic E-state index is 14.4. The molecule has 1 aromatic carbocycles. The van der Waals surface area contributed by atoms with Crippen molar-refractivity contribution >= 4 is 89.4 Å². The van der Waals surface area contributed by atoms with Crippen LogP contribution in [-0.4, -0.2) is 130 Å². The third kappa shape index (κ3) is 16.5. The number of nitrogens with zero attached hydrogens (tertiary/aromatic N) is 2. The van der Waals surface area contributed by atoms with Gasteiger partial charge in [0.1, 0.15) is 35.8 Å². The van der Waals surface area contributed by atoms with E-state index < -0.39 is 96.1 Å². The zero-order valence-electron chi connectivity index (χ0n) is 34.7. The molecule has 0 unspecified atom stereocenters. The van der Waals surface area contributed by atoms with Gasteiger partial charge in [-0.3, -0.25) is 43.3 Å². The third-order valence-corrected chi connectivity index (χ3v) is 10.0. The van der Waals surface area contributed by atoms with E-state index in [4.69, 9.17) is 21.9 Å². The molecular formula is C39H59N11O9S2. The normalized spacial score (nSPS) is 15.7. The minimum Gasteiger partial charge on any atom is -0.460 e. The number of carbonyl (C=O) groups is 8. The molecule has 12 N–H and O–H groups in total. The van der Waals surface area contributed by atoms with Crippen LogP contribution in [0.2, 0.25) is 0 Å². The second-order valence-corrected chi connectivity index (χ2v) is 16.3. The van der Waals surface area contributed by atoms with Crippen molar-refractivity contribution in [2.45, 2.75) is 108 Å². The zero-order chi connectivity index (χ0) is 45.3. The number of unbranched alkanes of at least 4 members (excludes halogenated alkanes) is 1. The molecule has 0 aliphatic carbocycles. The number of likely N-dealkylation sites (tertiary alicyclic amines) is 1. The number of carbonyl (C=O) groups excluding carboxylic acids is 8. The highest BCUT2D eigenvalue weighted by molar-refractivity contribution is 7.80. The maximum Gasteiger partial charge on any atom is 0.308 e. The fourth-order valence-electron chi connectivity index (χ4n) is 6.57. The highest BCUT2D eigenvalue weighted by atomic mass is 32.1. The third-order valence-electron chi connectivity index (χ3n) is 9.45. The molecule has 1 fully saturated rings. The zero-order valence-corrected chi connectivity index (χ0v) is 36.4. The Morgan fingerprint density at radius 2 is 1.61 bits per heavy atom. The van der Waals surface area contributed by atoms with Gasteiger partial charge in [0, 0.05) is 48.8 Å². The summed E-state index contributed by atoms with van der Waals surface area (Å²) in [4.78, 5) is 114. The lowest BCUT2D eigenvalue weighted by atomic mass is 10.0. The number of aliphatic imine (C=N–C) groups is 1. The Morgan fingerprint density at radius 3 is 2.26 bits per heavy atom. The predicted octanol–water partition coefficient (Wildman–Crippen LogP) is -1.33. The fourth-order valence-corrected chi connectivity index (χ4v) is 7.05. The smallest absolute Gasteiger partial charge is 0.308 e. The maximum absolute atomic E-state index is 14.4. The molecule has 61 heavy (non-hydrogen) atoms. The SMILES string of the molecule is CC(C)(C)OC(=O)C[C@H](NC(=O)CNC(=O)[C@H](CCCCN=C(N)N)NC(=O)CCS)C(=O)N[C@@H](Cc1c[nH]c2ccccc12)C(=O)N1CCC[C@H]1C(=O)N[C@@H](CS)C(N)=O. The lowest BCUT2D eigenvalue weighted by Gasteiger charge is -2.30. The van der Waals surface area contributed by atoms with E-state index >= 15 is 0 Å². The van der Waals surface area contributed by atoms with Crippen LogP contribution in [-0.2, 0) is 49.5 Å². The van der Waals surface area contributed by atoms with Crippen LogP contribution in [0.4, 0.5) is 0 Å². The summed E-state index contributed by atoms with van der Waals surface area (Å²) in [7, 11) is 0. The van der Waals surface area contributed by atoms with Gasteiger partial charge in [-0.15, -0.1) is 0 Å². The Labute approximate surface area is 365 Å². The Bertz CT molecular complexity index is 1920. The van der Waals surface area contributed by atoms with Crippen LogP contribution < -0.4 is 43.8 Å². The number of aromatic amines is 1. The average Bonchev–Trinajstić information content (AvgIpc) is 3.84. The van der Waals surface area contributed by atoms with E-state index in [-0.39, 0.29) is 49.7 Å². The van der Waals surface area contributed by atoms with Crippen molar-refractivity contribution in [3.63, 3.8) is 0 Å². The molecule has 2 heterocycles. The van der Waals surface area contributed by atoms with Crippen LogP contribution in [0, 0.1) is 0 Å². The van der Waals surface area contributed by atoms with Gasteiger partial charge in [-0.2, -0.15) is 25.3 Å². The van der Waals surface area contributed by atoms with E-state index in [1.807, 2.05) is 24.3 Å². The minimum atomic E-state index is -1.59. The first-order valence-electron chi connectivity index (χ1n) is 19.9. The van der Waals surface area contributed by atoms with Gasteiger partial charge in [-0.05, 0) is 70.3 Å². The van der Waals surface area contributed by atoms with Gasteiger partial charge in [-0.1, -0.05) is 18.2 Å². The van der Waals surface area contributed by atoms with Gasteiger partial charge < -0.3 is 58.4 Å². The molecule has 3 rings (SSSR count). The van der Waals surface area contributed by atoms with Crippen LogP contribution in [0.1, 0.15) is 71.3 Å². The summed E-state index contributed by atoms with van der Waals surface area (Å²) in [5.74, 6) is -5.69. The van der Waals surface area contributed by atoms with Crippen molar-refractivity contribution in [1.82, 2.24) is 36.5 Å². The lowest BCUT2D eigenvalue weighted by molar-refractivity contribution is -0.156. The van der Waals surface area contributed by atoms with Crippen molar-refractivity contribution in [2.75, 3.05) is 31.1 Å². The molecule has 1 aliphatic rings. The summed E-state index contributed by atoms with van der Waals surface area (Å²) in [6.07, 6.45) is 2.89. The number of ether oxygens (including phenoxy) is 1. The number of H-pyrrole nitrogens is 1. The van der Waals surface area contributed by atoms with Crippen LogP contribution in [0.3, 0.4) is 0 Å². The highest BCUT2D eigenvalue weighted by Crippen LogP contribution is 2.23. The number of esters is 1. The Kier molecular flexibility index (Phi) is 19.7. The average molecular weight is 890 g/mol. The van der Waals surface area contributed by atoms with E-state index in [0.717, 1.165) is 10.9 Å². The molecule has 20 nitrogen and oxygen atoms in total. The van der Waals surface area contributed by atoms with E-state index in [2.05, 4.69) is 61.8 Å². The van der Waals surface area contributed by atoms with Crippen LogP contribution in [0.25, 0.3) is 10.9 Å². The molecule has 7 amide bonds. The summed E-state index contributed by atoms with van der Waals surface area (Å²) in [6.45, 7) is 4.69. The summed E-state index contributed by atoms with van der Waals surface area (Å²) >= 11 is 8.15. The number of primary amides is 1. The molecule has 336 valence electrons. The Balaban J connectivity index is 1.86. The topological polar surface area (TPSA) is 315 Å². The first-order chi connectivity index (χ1) is 28.8. The van der Waals surface area contributed by atoms with Crippen molar-refractivity contribution in [3.8, 4) is 0 Å². The van der Waals surface area contributed by atoms with E-state index in [1.165, 1.54) is 4.90 Å². The number of fused-ring (bicyclic) bond motifs is 1. The number of hydrogen-bond donors (Lipinski definition) is 11. The summed E-state index contributed by atoms with van der Waals surface area (Å²) in [5, 5.41) is 13.6. The minimum absolute atomic E-state index is 0.0457. The molecule has 0 saturated carbocycles. The van der Waals surface area contributed by atoms with Crippen molar-refractivity contribution in [1.29, 1.82) is 0 Å². The van der Waals surface area contributed by atoms with Gasteiger partial charge in [0.15, 0.2) is 5.96 Å². The largest absolute Gasteiger partial charge is 0.460 e. The molecule has 1 aromatic heterocycles. The van der Waals surface area contributed by atoms with Crippen LogP contribution in [0.15, 0.2) is 35.5 Å². The predicted molar refractivity (Wildman–Crippen MR) is 234 cm³/mol. The number of aromatic nitrogens is 1. The molecule has 0 spiro atoms. The quantitative estimate of drug-likeness (QED) is 0.0204. The molecule has 0 radical (unpaired) electrons. The molecule has 22 heteroatoms. The molecule has 5 atom stereocenters. The summed E-state index contributed by atoms with van der Waals surface area (Å²) in [5.41, 5.74) is 16.6. The lowest BCUT2D eigenvalue weighted by Crippen LogP contribution is -2.59. The molecule has 1 aliphatic heterocycles. The second-order valence-electron chi connectivity index (χ2n) is 15.5. The highest BCUT2D eigenvalue weighted by Gasteiger charge is 2.40. The first-order valence-corrected chi connectivity index (χ1v) is 21.2. The van der Waals surface area contributed by atoms with Gasteiger partial charge in [0.2, 0.25) is 41.4 Å². The number of thiol groups is 2. The number of amides is 7. The van der Waals surface area contributed by atoms with E-state index in [1.54, 1.807) is 27.0 Å². The van der Waals surface area contributed by atoms with E-state index in [9.17, 15) is 38.4 Å². The summed E-state index contributed by atoms with van der Waals surface area (Å²) < 4.78 is 5.45.